The van der Waals surface area contributed by atoms with Crippen molar-refractivity contribution in [2.24, 2.45) is 5.92 Å². The summed E-state index contributed by atoms with van der Waals surface area (Å²) in [6.07, 6.45) is 5.20. The van der Waals surface area contributed by atoms with E-state index in [0.717, 1.165) is 18.2 Å². The Bertz CT molecular complexity index is 423. The van der Waals surface area contributed by atoms with E-state index in [9.17, 15) is 0 Å². The Hall–Kier alpha value is -1.06. The molecule has 1 unspecified atom stereocenters. The first kappa shape index (κ1) is 12.9. The Kier molecular flexibility index (Phi) is 3.76. The molecule has 104 valence electrons. The summed E-state index contributed by atoms with van der Waals surface area (Å²) in [6.45, 7) is 2.38. The Morgan fingerprint density at radius 2 is 2.11 bits per heavy atom. The van der Waals surface area contributed by atoms with Crippen LogP contribution in [0.3, 0.4) is 0 Å². The Labute approximate surface area is 115 Å². The lowest BCUT2D eigenvalue weighted by molar-refractivity contribution is 0.144. The second kappa shape index (κ2) is 5.51. The van der Waals surface area contributed by atoms with E-state index in [2.05, 4.69) is 29.6 Å². The van der Waals surface area contributed by atoms with E-state index in [1.165, 1.54) is 31.2 Å². The predicted molar refractivity (Wildman–Crippen MR) is 75.5 cm³/mol. The summed E-state index contributed by atoms with van der Waals surface area (Å²) in [7, 11) is 1.71. The van der Waals surface area contributed by atoms with E-state index in [4.69, 9.17) is 9.47 Å². The molecule has 0 amide bonds. The van der Waals surface area contributed by atoms with Crippen molar-refractivity contribution >= 4 is 0 Å². The van der Waals surface area contributed by atoms with Crippen LogP contribution in [0.4, 0.5) is 0 Å². The highest BCUT2D eigenvalue weighted by Crippen LogP contribution is 2.52. The maximum absolute atomic E-state index is 5.93. The zero-order valence-electron chi connectivity index (χ0n) is 11.7. The van der Waals surface area contributed by atoms with Crippen molar-refractivity contribution in [2.75, 3.05) is 26.9 Å². The minimum Gasteiger partial charge on any atom is -0.491 e. The Morgan fingerprint density at radius 3 is 2.79 bits per heavy atom. The molecule has 19 heavy (non-hydrogen) atoms. The maximum Gasteiger partial charge on any atom is 0.124 e. The number of methoxy groups -OCH3 is 1. The normalized spacial score (nSPS) is 26.6. The van der Waals surface area contributed by atoms with E-state index < -0.39 is 0 Å². The second-order valence-electron chi connectivity index (χ2n) is 5.61. The molecule has 1 aliphatic heterocycles. The summed E-state index contributed by atoms with van der Waals surface area (Å²) < 4.78 is 11.0. The van der Waals surface area contributed by atoms with E-state index in [0.29, 0.717) is 13.2 Å². The number of nitrogens with one attached hydrogen (secondary N) is 1. The van der Waals surface area contributed by atoms with Crippen molar-refractivity contribution in [1.29, 1.82) is 0 Å². The largest absolute Gasteiger partial charge is 0.491 e. The fourth-order valence-corrected chi connectivity index (χ4v) is 3.34. The summed E-state index contributed by atoms with van der Waals surface area (Å²) in [5.74, 6) is 1.82. The molecule has 1 atom stereocenters. The first-order valence-electron chi connectivity index (χ1n) is 7.33. The van der Waals surface area contributed by atoms with Crippen molar-refractivity contribution in [2.45, 2.75) is 31.2 Å². The van der Waals surface area contributed by atoms with Crippen molar-refractivity contribution < 1.29 is 9.47 Å². The molecule has 0 spiro atoms. The van der Waals surface area contributed by atoms with Gasteiger partial charge in [0.05, 0.1) is 12.1 Å². The van der Waals surface area contributed by atoms with Crippen molar-refractivity contribution in [1.82, 2.24) is 5.32 Å². The molecule has 3 nitrogen and oxygen atoms in total. The molecule has 1 saturated carbocycles. The number of rotatable bonds is 6. The summed E-state index contributed by atoms with van der Waals surface area (Å²) >= 11 is 0. The molecule has 1 heterocycles. The molecule has 2 aliphatic rings. The van der Waals surface area contributed by atoms with Gasteiger partial charge in [-0.3, -0.25) is 0 Å². The van der Waals surface area contributed by atoms with Gasteiger partial charge in [-0.2, -0.15) is 0 Å². The van der Waals surface area contributed by atoms with E-state index in [1.807, 2.05) is 0 Å². The van der Waals surface area contributed by atoms with Crippen LogP contribution in [0.1, 0.15) is 31.2 Å². The topological polar surface area (TPSA) is 30.5 Å². The van der Waals surface area contributed by atoms with Crippen LogP contribution in [0.25, 0.3) is 0 Å². The lowest BCUT2D eigenvalue weighted by Crippen LogP contribution is -2.39. The van der Waals surface area contributed by atoms with Crippen LogP contribution in [-0.2, 0) is 10.3 Å². The number of benzene rings is 1. The highest BCUT2D eigenvalue weighted by molar-refractivity contribution is 5.41. The van der Waals surface area contributed by atoms with Gasteiger partial charge >= 0.3 is 0 Å². The molecule has 1 saturated heterocycles. The van der Waals surface area contributed by atoms with Gasteiger partial charge in [-0.15, -0.1) is 0 Å². The standard InChI is InChI=1S/C16H23NO2/c1-18-11-12-19-15-6-3-2-5-14(15)16(13-7-8-13)9-4-10-17-16/h2-3,5-6,13,17H,4,7-12H2,1H3. The molecule has 3 rings (SSSR count). The molecule has 0 aromatic heterocycles. The van der Waals surface area contributed by atoms with Gasteiger partial charge < -0.3 is 14.8 Å². The van der Waals surface area contributed by atoms with Crippen LogP contribution in [0.5, 0.6) is 5.75 Å². The van der Waals surface area contributed by atoms with E-state index in [-0.39, 0.29) is 5.54 Å². The number of hydrogen-bond acceptors (Lipinski definition) is 3. The monoisotopic (exact) mass is 261 g/mol. The first-order chi connectivity index (χ1) is 9.37. The molecule has 1 N–H and O–H groups in total. The summed E-state index contributed by atoms with van der Waals surface area (Å²) in [4.78, 5) is 0. The van der Waals surface area contributed by atoms with Crippen LogP contribution < -0.4 is 10.1 Å². The van der Waals surface area contributed by atoms with Gasteiger partial charge in [0, 0.05) is 12.7 Å². The van der Waals surface area contributed by atoms with Gasteiger partial charge in [0.25, 0.3) is 0 Å². The van der Waals surface area contributed by atoms with E-state index in [1.54, 1.807) is 7.11 Å². The summed E-state index contributed by atoms with van der Waals surface area (Å²) in [5, 5.41) is 3.77. The van der Waals surface area contributed by atoms with Gasteiger partial charge in [-0.05, 0) is 44.2 Å². The molecule has 0 radical (unpaired) electrons. The van der Waals surface area contributed by atoms with E-state index >= 15 is 0 Å². The summed E-state index contributed by atoms with van der Waals surface area (Å²) in [6, 6.07) is 8.51. The smallest absolute Gasteiger partial charge is 0.124 e. The molecular weight excluding hydrogens is 238 g/mol. The Morgan fingerprint density at radius 1 is 1.26 bits per heavy atom. The van der Waals surface area contributed by atoms with Gasteiger partial charge in [-0.1, -0.05) is 18.2 Å². The lowest BCUT2D eigenvalue weighted by atomic mass is 9.83. The van der Waals surface area contributed by atoms with Gasteiger partial charge in [-0.25, -0.2) is 0 Å². The third-order valence-electron chi connectivity index (χ3n) is 4.38. The van der Waals surface area contributed by atoms with Gasteiger partial charge in [0.1, 0.15) is 12.4 Å². The fraction of sp³-hybridized carbons (Fsp3) is 0.625. The lowest BCUT2D eigenvalue weighted by Gasteiger charge is -2.32. The quantitative estimate of drug-likeness (QED) is 0.799. The minimum absolute atomic E-state index is 0.170. The molecule has 3 heteroatoms. The van der Waals surface area contributed by atoms with Crippen LogP contribution in [0, 0.1) is 5.92 Å². The molecule has 1 aliphatic carbocycles. The van der Waals surface area contributed by atoms with Crippen LogP contribution in [0.15, 0.2) is 24.3 Å². The number of ether oxygens (including phenoxy) is 2. The first-order valence-corrected chi connectivity index (χ1v) is 7.33. The Balaban J connectivity index is 1.85. The average Bonchev–Trinajstić information content (AvgIpc) is 3.19. The maximum atomic E-state index is 5.93. The van der Waals surface area contributed by atoms with Crippen molar-refractivity contribution in [3.8, 4) is 5.75 Å². The number of para-hydroxylation sites is 1. The van der Waals surface area contributed by atoms with Crippen LogP contribution in [-0.4, -0.2) is 26.9 Å². The molecule has 0 bridgehead atoms. The average molecular weight is 261 g/mol. The zero-order valence-corrected chi connectivity index (χ0v) is 11.7. The summed E-state index contributed by atoms with van der Waals surface area (Å²) in [5.41, 5.74) is 1.52. The van der Waals surface area contributed by atoms with Crippen molar-refractivity contribution in [3.05, 3.63) is 29.8 Å². The highest BCUT2D eigenvalue weighted by Gasteiger charge is 2.49. The molecule has 1 aromatic carbocycles. The fourth-order valence-electron chi connectivity index (χ4n) is 3.34. The van der Waals surface area contributed by atoms with Crippen LogP contribution in [0.2, 0.25) is 0 Å². The van der Waals surface area contributed by atoms with Crippen LogP contribution >= 0.6 is 0 Å². The SMILES string of the molecule is COCCOc1ccccc1C1(C2CC2)CCCN1. The number of hydrogen-bond donors (Lipinski definition) is 1. The van der Waals surface area contributed by atoms with Gasteiger partial charge in [0.15, 0.2) is 0 Å². The predicted octanol–water partition coefficient (Wildman–Crippen LogP) is 2.70. The second-order valence-corrected chi connectivity index (χ2v) is 5.61. The van der Waals surface area contributed by atoms with Gasteiger partial charge in [0.2, 0.25) is 0 Å². The minimum atomic E-state index is 0.170. The molecular formula is C16H23NO2. The van der Waals surface area contributed by atoms with Crippen molar-refractivity contribution in [3.63, 3.8) is 0 Å². The third kappa shape index (κ3) is 2.49. The highest BCUT2D eigenvalue weighted by atomic mass is 16.5. The molecule has 1 aromatic rings. The third-order valence-corrected chi connectivity index (χ3v) is 4.38. The molecule has 2 fully saturated rings. The zero-order chi connectivity index (χ0) is 13.1.